The van der Waals surface area contributed by atoms with Gasteiger partial charge in [0.05, 0.1) is 0 Å². The Bertz CT molecular complexity index is 709. The van der Waals surface area contributed by atoms with Crippen LogP contribution in [0.5, 0.6) is 0 Å². The number of hydrogen-bond donors (Lipinski definition) is 0. The smallest absolute Gasteiger partial charge is 0.0118 e. The maximum absolute atomic E-state index is 4.16. The molecule has 0 nitrogen and oxygen atoms in total. The lowest BCUT2D eigenvalue weighted by atomic mass is 9.93. The van der Waals surface area contributed by atoms with Crippen molar-refractivity contribution in [2.45, 2.75) is 68.2 Å². The molecule has 0 spiro atoms. The second kappa shape index (κ2) is 28.1. The summed E-state index contributed by atoms with van der Waals surface area (Å²) in [5.74, 6) is 0. The van der Waals surface area contributed by atoms with Gasteiger partial charge in [-0.25, -0.2) is 0 Å². The Morgan fingerprint density at radius 3 is 1.53 bits per heavy atom. The van der Waals surface area contributed by atoms with Gasteiger partial charge in [0.25, 0.3) is 0 Å². The van der Waals surface area contributed by atoms with Crippen LogP contribution in [0.3, 0.4) is 0 Å². The molecular formula is C32H50. The minimum absolute atomic E-state index is 0.809. The van der Waals surface area contributed by atoms with Gasteiger partial charge < -0.3 is 0 Å². The second-order valence-corrected chi connectivity index (χ2v) is 6.08. The molecule has 0 amide bonds. The zero-order valence-corrected chi connectivity index (χ0v) is 22.4. The predicted octanol–water partition coefficient (Wildman–Crippen LogP) is 11.0. The van der Waals surface area contributed by atoms with Crippen LogP contribution in [-0.4, -0.2) is 0 Å². The van der Waals surface area contributed by atoms with Crippen LogP contribution in [-0.2, 0) is 0 Å². The zero-order valence-electron chi connectivity index (χ0n) is 22.4. The quantitative estimate of drug-likeness (QED) is 0.284. The maximum atomic E-state index is 4.16. The molecule has 0 heteroatoms. The van der Waals surface area contributed by atoms with Crippen LogP contribution in [0.1, 0.15) is 68.2 Å². The molecule has 0 aromatic carbocycles. The van der Waals surface area contributed by atoms with Crippen LogP contribution < -0.4 is 0 Å². The van der Waals surface area contributed by atoms with Gasteiger partial charge in [-0.1, -0.05) is 155 Å². The fraction of sp³-hybridized carbons (Fsp3) is 0.312. The Hall–Kier alpha value is -2.86. The van der Waals surface area contributed by atoms with E-state index >= 15 is 0 Å². The standard InChI is InChI=1S/C25H30.C3H8.2C2H6/c1-9-13-14-17-22(7)25(16-11-3)23(8)20(5)18-19-21(6)24(12-4)15-10-2;1-3-2;2*1-2/h9-11,13-19H,2-3,5-8,12H2,1,4H3;3H2,1-2H3;2*1-2H3/b13-9-,17-14-,19-18-,24-15+,25-16-;;;. The van der Waals surface area contributed by atoms with E-state index in [1.165, 1.54) is 6.42 Å². The van der Waals surface area contributed by atoms with Crippen molar-refractivity contribution in [3.05, 3.63) is 134 Å². The van der Waals surface area contributed by atoms with Crippen LogP contribution in [0, 0.1) is 0 Å². The SMILES string of the molecule is C=C/C=C(/C(=C)/C=C\C=C/C)C(=C)C(=C)/C=C\C(=C)/C(=C/C=C)CC.CC.CC.CCC. The minimum Gasteiger partial charge on any atom is -0.0991 e. The topological polar surface area (TPSA) is 0 Å². The van der Waals surface area contributed by atoms with E-state index in [9.17, 15) is 0 Å². The molecule has 0 aliphatic heterocycles. The van der Waals surface area contributed by atoms with E-state index in [2.05, 4.69) is 60.2 Å². The minimum atomic E-state index is 0.809. The molecule has 0 radical (unpaired) electrons. The summed E-state index contributed by atoms with van der Waals surface area (Å²) in [6.45, 7) is 40.3. The first-order valence-corrected chi connectivity index (χ1v) is 11.7. The molecule has 0 unspecified atom stereocenters. The van der Waals surface area contributed by atoms with Crippen LogP contribution in [0.2, 0.25) is 0 Å². The van der Waals surface area contributed by atoms with E-state index in [-0.39, 0.29) is 0 Å². The molecule has 0 bridgehead atoms. The summed E-state index contributed by atoms with van der Waals surface area (Å²) in [6.07, 6.45) is 21.2. The van der Waals surface area contributed by atoms with E-state index in [0.29, 0.717) is 0 Å². The van der Waals surface area contributed by atoms with E-state index in [1.54, 1.807) is 12.2 Å². The summed E-state index contributed by atoms with van der Waals surface area (Å²) in [5.41, 5.74) is 5.47. The van der Waals surface area contributed by atoms with Gasteiger partial charge in [0.15, 0.2) is 0 Å². The van der Waals surface area contributed by atoms with Gasteiger partial charge in [-0.2, -0.15) is 0 Å². The molecule has 178 valence electrons. The predicted molar refractivity (Wildman–Crippen MR) is 155 cm³/mol. The van der Waals surface area contributed by atoms with Gasteiger partial charge >= 0.3 is 0 Å². The summed E-state index contributed by atoms with van der Waals surface area (Å²) in [5, 5.41) is 0. The van der Waals surface area contributed by atoms with Crippen molar-refractivity contribution in [3.63, 3.8) is 0 Å². The Kier molecular flexibility index (Phi) is 32.1. The van der Waals surface area contributed by atoms with Crippen molar-refractivity contribution in [2.24, 2.45) is 0 Å². The number of rotatable bonds is 11. The normalized spacial score (nSPS) is 10.9. The largest absolute Gasteiger partial charge is 0.0991 e. The van der Waals surface area contributed by atoms with Gasteiger partial charge in [-0.15, -0.1) is 0 Å². The Morgan fingerprint density at radius 1 is 0.656 bits per heavy atom. The van der Waals surface area contributed by atoms with Gasteiger partial charge in [0, 0.05) is 0 Å². The summed E-state index contributed by atoms with van der Waals surface area (Å²) in [7, 11) is 0. The summed E-state index contributed by atoms with van der Waals surface area (Å²) < 4.78 is 0. The van der Waals surface area contributed by atoms with Crippen LogP contribution in [0.4, 0.5) is 0 Å². The van der Waals surface area contributed by atoms with E-state index in [4.69, 9.17) is 0 Å². The summed E-state index contributed by atoms with van der Waals surface area (Å²) in [4.78, 5) is 0. The fourth-order valence-electron chi connectivity index (χ4n) is 2.07. The average molecular weight is 435 g/mol. The molecule has 0 rings (SSSR count). The molecule has 0 aliphatic carbocycles. The molecule has 0 saturated heterocycles. The second-order valence-electron chi connectivity index (χ2n) is 6.08. The van der Waals surface area contributed by atoms with Crippen molar-refractivity contribution in [1.82, 2.24) is 0 Å². The number of allylic oxidation sites excluding steroid dienone is 16. The highest BCUT2D eigenvalue weighted by molar-refractivity contribution is 5.60. The third-order valence-corrected chi connectivity index (χ3v) is 3.54. The van der Waals surface area contributed by atoms with Crippen molar-refractivity contribution in [1.29, 1.82) is 0 Å². The molecule has 0 saturated carbocycles. The highest BCUT2D eigenvalue weighted by Gasteiger charge is 2.06. The molecule has 0 N–H and O–H groups in total. The van der Waals surface area contributed by atoms with Crippen molar-refractivity contribution in [3.8, 4) is 0 Å². The van der Waals surface area contributed by atoms with E-state index < -0.39 is 0 Å². The monoisotopic (exact) mass is 434 g/mol. The molecule has 0 fully saturated rings. The molecule has 0 aromatic heterocycles. The Balaban J connectivity index is -0.000000499. The maximum Gasteiger partial charge on any atom is -0.0118 e. The Labute approximate surface area is 201 Å². The molecule has 0 atom stereocenters. The average Bonchev–Trinajstić information content (AvgIpc) is 2.81. The first kappa shape index (κ1) is 36.5. The summed E-state index contributed by atoms with van der Waals surface area (Å²) in [6, 6.07) is 0. The van der Waals surface area contributed by atoms with Crippen LogP contribution >= 0.6 is 0 Å². The Morgan fingerprint density at radius 2 is 1.12 bits per heavy atom. The van der Waals surface area contributed by atoms with Crippen molar-refractivity contribution < 1.29 is 0 Å². The lowest BCUT2D eigenvalue weighted by Gasteiger charge is -2.11. The first-order chi connectivity index (χ1) is 15.3. The van der Waals surface area contributed by atoms with Crippen LogP contribution in [0.25, 0.3) is 0 Å². The molecular weight excluding hydrogens is 384 g/mol. The third-order valence-electron chi connectivity index (χ3n) is 3.54. The van der Waals surface area contributed by atoms with Crippen LogP contribution in [0.15, 0.2) is 134 Å². The molecule has 32 heavy (non-hydrogen) atoms. The lowest BCUT2D eigenvalue weighted by molar-refractivity contribution is 1.09. The highest BCUT2D eigenvalue weighted by Crippen LogP contribution is 2.25. The molecule has 0 aliphatic rings. The van der Waals surface area contributed by atoms with Gasteiger partial charge in [0.2, 0.25) is 0 Å². The van der Waals surface area contributed by atoms with E-state index in [0.717, 1.165) is 39.9 Å². The first-order valence-electron chi connectivity index (χ1n) is 11.7. The van der Waals surface area contributed by atoms with Gasteiger partial charge in [-0.3, -0.25) is 0 Å². The van der Waals surface area contributed by atoms with E-state index in [1.807, 2.05) is 83.2 Å². The zero-order chi connectivity index (χ0) is 25.9. The number of hydrogen-bond acceptors (Lipinski definition) is 0. The molecule has 0 heterocycles. The molecule has 0 aromatic rings. The van der Waals surface area contributed by atoms with Gasteiger partial charge in [-0.05, 0) is 46.8 Å². The summed E-state index contributed by atoms with van der Waals surface area (Å²) >= 11 is 0. The fourth-order valence-corrected chi connectivity index (χ4v) is 2.07. The third kappa shape index (κ3) is 19.1. The van der Waals surface area contributed by atoms with Crippen molar-refractivity contribution >= 4 is 0 Å². The highest BCUT2D eigenvalue weighted by atomic mass is 14.1. The lowest BCUT2D eigenvalue weighted by Crippen LogP contribution is -1.93. The van der Waals surface area contributed by atoms with Crippen molar-refractivity contribution in [2.75, 3.05) is 0 Å². The van der Waals surface area contributed by atoms with Gasteiger partial charge in [0.1, 0.15) is 0 Å².